The van der Waals surface area contributed by atoms with Crippen molar-refractivity contribution in [3.8, 4) is 0 Å². The average molecular weight is 337 g/mol. The quantitative estimate of drug-likeness (QED) is 0.175. The van der Waals surface area contributed by atoms with Crippen molar-refractivity contribution in [3.63, 3.8) is 0 Å². The molecule has 0 unspecified atom stereocenters. The van der Waals surface area contributed by atoms with E-state index >= 15 is 0 Å². The Balaban J connectivity index is 3.06. The minimum Gasteiger partial charge on any atom is -0.375 e. The van der Waals surface area contributed by atoms with Crippen LogP contribution in [0.2, 0.25) is 0 Å². The fourth-order valence-electron chi connectivity index (χ4n) is 1.30. The molecular formula is C10H13ClN4O3S2. The number of hydrazone groups is 1. The van der Waals surface area contributed by atoms with Gasteiger partial charge < -0.3 is 5.73 Å². The van der Waals surface area contributed by atoms with Crippen molar-refractivity contribution in [2.75, 3.05) is 12.5 Å². The minimum atomic E-state index is -4.43. The van der Waals surface area contributed by atoms with Gasteiger partial charge in [-0.15, -0.1) is 11.6 Å². The molecule has 0 spiro atoms. The van der Waals surface area contributed by atoms with Crippen molar-refractivity contribution >= 4 is 44.9 Å². The number of rotatable bonds is 6. The van der Waals surface area contributed by atoms with Crippen molar-refractivity contribution in [2.45, 2.75) is 0 Å². The molecular weight excluding hydrogens is 324 g/mol. The predicted molar refractivity (Wildman–Crippen MR) is 81.9 cm³/mol. The Hall–Kier alpha value is -1.26. The molecule has 1 aromatic carbocycles. The van der Waals surface area contributed by atoms with Crippen LogP contribution in [0.4, 0.5) is 0 Å². The minimum absolute atomic E-state index is 0.0669. The summed E-state index contributed by atoms with van der Waals surface area (Å²) >= 11 is 10.1. The number of alkyl halides is 1. The third-order valence-electron chi connectivity index (χ3n) is 2.19. The molecule has 10 heteroatoms. The first-order chi connectivity index (χ1) is 9.34. The summed E-state index contributed by atoms with van der Waals surface area (Å²) in [5.41, 5.74) is 8.59. The first kappa shape index (κ1) is 16.8. The number of nitrogens with zero attached hydrogens (tertiary/aromatic N) is 2. The zero-order chi connectivity index (χ0) is 15.2. The van der Waals surface area contributed by atoms with Gasteiger partial charge in [-0.3, -0.25) is 9.98 Å². The van der Waals surface area contributed by atoms with Crippen LogP contribution in [0, 0.1) is 0 Å². The Kier molecular flexibility index (Phi) is 6.30. The van der Waals surface area contributed by atoms with E-state index in [4.69, 9.17) is 21.9 Å². The van der Waals surface area contributed by atoms with E-state index in [1.165, 1.54) is 0 Å². The van der Waals surface area contributed by atoms with Crippen molar-refractivity contribution in [2.24, 2.45) is 10.8 Å². The molecule has 4 N–H and O–H groups in total. The molecule has 7 nitrogen and oxygen atoms in total. The zero-order valence-corrected chi connectivity index (χ0v) is 12.6. The van der Waals surface area contributed by atoms with Gasteiger partial charge in [0.15, 0.2) is 5.11 Å². The molecule has 0 atom stereocenters. The molecule has 0 saturated heterocycles. The highest BCUT2D eigenvalue weighted by molar-refractivity contribution is 7.83. The van der Waals surface area contributed by atoms with E-state index in [1.807, 2.05) is 0 Å². The van der Waals surface area contributed by atoms with Crippen LogP contribution in [0.1, 0.15) is 5.56 Å². The molecule has 0 bridgehead atoms. The van der Waals surface area contributed by atoms with Crippen LogP contribution >= 0.6 is 23.8 Å². The summed E-state index contributed by atoms with van der Waals surface area (Å²) in [4.78, 5) is 0. The molecule has 0 heterocycles. The molecule has 0 aliphatic rings. The Bertz CT molecular complexity index is 592. The monoisotopic (exact) mass is 336 g/mol. The van der Waals surface area contributed by atoms with Crippen molar-refractivity contribution in [1.29, 1.82) is 0 Å². The highest BCUT2D eigenvalue weighted by atomic mass is 35.5. The van der Waals surface area contributed by atoms with Crippen LogP contribution in [0.3, 0.4) is 0 Å². The van der Waals surface area contributed by atoms with Gasteiger partial charge in [0.05, 0.1) is 18.3 Å². The number of nitrogens with one attached hydrogen (secondary N) is 1. The summed E-state index contributed by atoms with van der Waals surface area (Å²) < 4.78 is 32.0. The highest BCUT2D eigenvalue weighted by Crippen LogP contribution is 2.06. The van der Waals surface area contributed by atoms with E-state index in [-0.39, 0.29) is 11.7 Å². The maximum atomic E-state index is 11.1. The van der Waals surface area contributed by atoms with E-state index in [1.54, 1.807) is 30.3 Å². The Morgan fingerprint density at radius 2 is 2.05 bits per heavy atom. The molecule has 20 heavy (non-hydrogen) atoms. The van der Waals surface area contributed by atoms with Crippen molar-refractivity contribution in [1.82, 2.24) is 9.73 Å². The number of benzene rings is 1. The third-order valence-corrected chi connectivity index (χ3v) is 3.63. The predicted octanol–water partition coefficient (Wildman–Crippen LogP) is 0.525. The van der Waals surface area contributed by atoms with E-state index in [9.17, 15) is 8.42 Å². The first-order valence-electron chi connectivity index (χ1n) is 5.30. The second kappa shape index (κ2) is 7.50. The Labute approximate surface area is 127 Å². The molecule has 0 saturated carbocycles. The molecule has 1 rings (SSSR count). The molecule has 0 radical (unpaired) electrons. The van der Waals surface area contributed by atoms with Crippen LogP contribution in [0.15, 0.2) is 35.4 Å². The largest absolute Gasteiger partial charge is 0.375 e. The maximum absolute atomic E-state index is 11.1. The fourth-order valence-corrected chi connectivity index (χ4v) is 2.21. The number of hydrogen-bond acceptors (Lipinski definition) is 4. The molecule has 0 aliphatic heterocycles. The molecule has 0 amide bonds. The second-order valence-electron chi connectivity index (χ2n) is 3.61. The third kappa shape index (κ3) is 5.39. The van der Waals surface area contributed by atoms with Gasteiger partial charge in [0.25, 0.3) is 0 Å². The lowest BCUT2D eigenvalue weighted by atomic mass is 10.1. The number of nitrogens with two attached hydrogens (primary N) is 1. The van der Waals surface area contributed by atoms with Gasteiger partial charge in [0, 0.05) is 0 Å². The van der Waals surface area contributed by atoms with E-state index < -0.39 is 16.3 Å². The lowest BCUT2D eigenvalue weighted by Gasteiger charge is -2.16. The SMILES string of the molecule is NC(=S)NN=C(CN(CCl)S(=O)(=O)O)c1ccccc1. The summed E-state index contributed by atoms with van der Waals surface area (Å²) in [7, 11) is -4.43. The van der Waals surface area contributed by atoms with E-state index in [2.05, 4.69) is 22.7 Å². The second-order valence-corrected chi connectivity index (χ2v) is 5.70. The number of halogens is 1. The first-order valence-corrected chi connectivity index (χ1v) is 7.64. The summed E-state index contributed by atoms with van der Waals surface area (Å²) in [5.74, 6) is 0. The van der Waals surface area contributed by atoms with Gasteiger partial charge in [-0.2, -0.15) is 17.8 Å². The standard InChI is InChI=1S/C10H13ClN4O3S2/c11-7-15(20(16,17)18)6-9(13-14-10(12)19)8-4-2-1-3-5-8/h1-5H,6-7H2,(H3,12,14,19)(H,16,17,18). The molecule has 0 aromatic heterocycles. The highest BCUT2D eigenvalue weighted by Gasteiger charge is 2.20. The average Bonchev–Trinajstić information content (AvgIpc) is 2.38. The van der Waals surface area contributed by atoms with Gasteiger partial charge in [-0.1, -0.05) is 30.3 Å². The van der Waals surface area contributed by atoms with E-state index in [0.717, 1.165) is 0 Å². The van der Waals surface area contributed by atoms with E-state index in [0.29, 0.717) is 15.6 Å². The van der Waals surface area contributed by atoms with Crippen LogP contribution in [-0.4, -0.2) is 40.6 Å². The van der Waals surface area contributed by atoms with Gasteiger partial charge in [0.1, 0.15) is 0 Å². The normalized spacial score (nSPS) is 12.4. The van der Waals surface area contributed by atoms with Crippen LogP contribution in [0.5, 0.6) is 0 Å². The molecule has 0 aliphatic carbocycles. The van der Waals surface area contributed by atoms with Crippen LogP contribution in [-0.2, 0) is 10.3 Å². The molecule has 0 fully saturated rings. The number of hydrogen-bond donors (Lipinski definition) is 3. The Morgan fingerprint density at radius 3 is 2.50 bits per heavy atom. The molecule has 110 valence electrons. The number of thiocarbonyl (C=S) groups is 1. The lowest BCUT2D eigenvalue weighted by Crippen LogP contribution is -2.36. The summed E-state index contributed by atoms with van der Waals surface area (Å²) in [6, 6.07) is 8.32. The van der Waals surface area contributed by atoms with Gasteiger partial charge in [-0.25, -0.2) is 0 Å². The van der Waals surface area contributed by atoms with Gasteiger partial charge >= 0.3 is 10.3 Å². The topological polar surface area (TPSA) is 108 Å². The summed E-state index contributed by atoms with van der Waals surface area (Å²) in [6.07, 6.45) is 0. The zero-order valence-electron chi connectivity index (χ0n) is 10.2. The summed E-state index contributed by atoms with van der Waals surface area (Å²) in [5, 5.41) is 3.85. The fraction of sp³-hybridized carbons (Fsp3) is 0.200. The van der Waals surface area contributed by atoms with Gasteiger partial charge in [-0.05, 0) is 17.8 Å². The Morgan fingerprint density at radius 1 is 1.45 bits per heavy atom. The van der Waals surface area contributed by atoms with Crippen molar-refractivity contribution < 1.29 is 13.0 Å². The summed E-state index contributed by atoms with van der Waals surface area (Å²) in [6.45, 7) is -0.234. The molecule has 1 aromatic rings. The maximum Gasteiger partial charge on any atom is 0.337 e. The van der Waals surface area contributed by atoms with Crippen LogP contribution < -0.4 is 11.2 Å². The lowest BCUT2D eigenvalue weighted by molar-refractivity contribution is 0.400. The van der Waals surface area contributed by atoms with Crippen LogP contribution in [0.25, 0.3) is 0 Å². The van der Waals surface area contributed by atoms with Gasteiger partial charge in [0.2, 0.25) is 0 Å². The van der Waals surface area contributed by atoms with Crippen molar-refractivity contribution in [3.05, 3.63) is 35.9 Å². The smallest absolute Gasteiger partial charge is 0.337 e.